The Balaban J connectivity index is 2.20. The number of halogens is 2. The van der Waals surface area contributed by atoms with E-state index in [0.29, 0.717) is 13.2 Å². The SMILES string of the molecule is O=C(O)c1c(Cl)c(CC2CO2)c(C(=O)O)c(Cl)c1CC1CO1. The second kappa shape index (κ2) is 5.70. The van der Waals surface area contributed by atoms with Crippen molar-refractivity contribution in [3.8, 4) is 0 Å². The summed E-state index contributed by atoms with van der Waals surface area (Å²) < 4.78 is 10.2. The second-order valence-corrected chi connectivity index (χ2v) is 6.02. The fraction of sp³-hybridized carbons (Fsp3) is 0.429. The standard InChI is InChI=1S/C14H12Cl2O6/c15-11-7(1-5-3-21-5)9(13(17)18)12(16)8(2-6-4-22-6)10(11)14(19)20/h5-6H,1-4H2,(H,17,18)(H,19,20). The summed E-state index contributed by atoms with van der Waals surface area (Å²) in [5.41, 5.74) is 0.115. The molecule has 6 nitrogen and oxygen atoms in total. The predicted octanol–water partition coefficient (Wildman–Crippen LogP) is 2.27. The average molecular weight is 347 g/mol. The Morgan fingerprint density at radius 3 is 1.45 bits per heavy atom. The van der Waals surface area contributed by atoms with Crippen molar-refractivity contribution in [2.75, 3.05) is 13.2 Å². The van der Waals surface area contributed by atoms with Gasteiger partial charge in [-0.1, -0.05) is 23.2 Å². The van der Waals surface area contributed by atoms with Crippen molar-refractivity contribution in [3.05, 3.63) is 32.3 Å². The van der Waals surface area contributed by atoms with E-state index < -0.39 is 11.9 Å². The molecule has 3 rings (SSSR count). The minimum Gasteiger partial charge on any atom is -0.478 e. The molecule has 22 heavy (non-hydrogen) atoms. The van der Waals surface area contributed by atoms with Gasteiger partial charge >= 0.3 is 11.9 Å². The number of hydrogen-bond acceptors (Lipinski definition) is 4. The molecule has 8 heteroatoms. The van der Waals surface area contributed by atoms with E-state index in [1.807, 2.05) is 0 Å². The van der Waals surface area contributed by atoms with Crippen molar-refractivity contribution in [2.24, 2.45) is 0 Å². The number of ether oxygens (including phenoxy) is 2. The maximum absolute atomic E-state index is 11.6. The van der Waals surface area contributed by atoms with E-state index in [9.17, 15) is 19.8 Å². The van der Waals surface area contributed by atoms with Gasteiger partial charge < -0.3 is 19.7 Å². The lowest BCUT2D eigenvalue weighted by atomic mass is 9.93. The highest BCUT2D eigenvalue weighted by molar-refractivity contribution is 6.39. The largest absolute Gasteiger partial charge is 0.478 e. The Kier molecular flexibility index (Phi) is 4.03. The number of rotatable bonds is 6. The van der Waals surface area contributed by atoms with Crippen LogP contribution >= 0.6 is 23.2 Å². The van der Waals surface area contributed by atoms with E-state index in [4.69, 9.17) is 32.7 Å². The Labute approximate surface area is 135 Å². The molecule has 0 saturated carbocycles. The Morgan fingerprint density at radius 1 is 0.909 bits per heavy atom. The number of carboxylic acid groups (broad SMARTS) is 2. The van der Waals surface area contributed by atoms with Crippen LogP contribution in [0.5, 0.6) is 0 Å². The van der Waals surface area contributed by atoms with Crippen LogP contribution in [0, 0.1) is 0 Å². The van der Waals surface area contributed by atoms with Gasteiger partial charge in [0.15, 0.2) is 0 Å². The molecule has 0 radical (unpaired) electrons. The van der Waals surface area contributed by atoms with Gasteiger partial charge in [-0.15, -0.1) is 0 Å². The molecule has 2 unspecified atom stereocenters. The molecule has 2 aliphatic rings. The topological polar surface area (TPSA) is 99.7 Å². The molecule has 0 amide bonds. The molecule has 0 aromatic heterocycles. The summed E-state index contributed by atoms with van der Waals surface area (Å²) in [5, 5.41) is 18.7. The minimum absolute atomic E-state index is 0.0829. The molecule has 2 aliphatic heterocycles. The van der Waals surface area contributed by atoms with Crippen LogP contribution in [0.15, 0.2) is 0 Å². The van der Waals surface area contributed by atoms with Crippen LogP contribution in [0.3, 0.4) is 0 Å². The van der Waals surface area contributed by atoms with E-state index in [1.54, 1.807) is 0 Å². The molecular weight excluding hydrogens is 335 g/mol. The quantitative estimate of drug-likeness (QED) is 0.766. The van der Waals surface area contributed by atoms with Gasteiger partial charge in [-0.05, 0) is 11.1 Å². The van der Waals surface area contributed by atoms with Gasteiger partial charge in [0.25, 0.3) is 0 Å². The van der Waals surface area contributed by atoms with Crippen LogP contribution in [-0.2, 0) is 22.3 Å². The van der Waals surface area contributed by atoms with E-state index in [1.165, 1.54) is 0 Å². The number of epoxide rings is 2. The second-order valence-electron chi connectivity index (χ2n) is 5.26. The minimum atomic E-state index is -1.24. The zero-order valence-electron chi connectivity index (χ0n) is 11.3. The summed E-state index contributed by atoms with van der Waals surface area (Å²) >= 11 is 12.4. The van der Waals surface area contributed by atoms with Crippen molar-refractivity contribution >= 4 is 35.1 Å². The molecule has 2 atom stereocenters. The molecular formula is C14H12Cl2O6. The van der Waals surface area contributed by atoms with E-state index >= 15 is 0 Å². The van der Waals surface area contributed by atoms with Gasteiger partial charge in [0.1, 0.15) is 0 Å². The molecule has 0 bridgehead atoms. The third kappa shape index (κ3) is 2.92. The first-order chi connectivity index (χ1) is 10.4. The summed E-state index contributed by atoms with van der Waals surface area (Å²) in [7, 11) is 0. The normalized spacial score (nSPS) is 22.5. The number of hydrogen-bond donors (Lipinski definition) is 2. The highest BCUT2D eigenvalue weighted by Gasteiger charge is 2.35. The fourth-order valence-corrected chi connectivity index (χ4v) is 3.18. The van der Waals surface area contributed by atoms with Crippen molar-refractivity contribution in [1.82, 2.24) is 0 Å². The van der Waals surface area contributed by atoms with Gasteiger partial charge in [-0.3, -0.25) is 0 Å². The Morgan fingerprint density at radius 2 is 1.23 bits per heavy atom. The third-order valence-corrected chi connectivity index (χ3v) is 4.50. The van der Waals surface area contributed by atoms with E-state index in [-0.39, 0.29) is 57.3 Å². The van der Waals surface area contributed by atoms with Crippen LogP contribution in [0.2, 0.25) is 10.0 Å². The van der Waals surface area contributed by atoms with Crippen LogP contribution in [0.1, 0.15) is 31.8 Å². The molecule has 0 spiro atoms. The lowest BCUT2D eigenvalue weighted by molar-refractivity contribution is 0.0679. The predicted molar refractivity (Wildman–Crippen MR) is 77.3 cm³/mol. The first-order valence-electron chi connectivity index (χ1n) is 6.62. The number of benzene rings is 1. The number of carbonyl (C=O) groups is 2. The molecule has 1 aromatic carbocycles. The van der Waals surface area contributed by atoms with Crippen LogP contribution in [0.25, 0.3) is 0 Å². The van der Waals surface area contributed by atoms with Gasteiger partial charge in [-0.2, -0.15) is 0 Å². The summed E-state index contributed by atoms with van der Waals surface area (Å²) in [5.74, 6) is -2.48. The van der Waals surface area contributed by atoms with Crippen LogP contribution in [0.4, 0.5) is 0 Å². The number of aromatic carboxylic acids is 2. The highest BCUT2D eigenvalue weighted by atomic mass is 35.5. The third-order valence-electron chi connectivity index (χ3n) is 3.67. The van der Waals surface area contributed by atoms with Crippen LogP contribution < -0.4 is 0 Å². The Bertz CT molecular complexity index is 606. The number of carboxylic acids is 2. The van der Waals surface area contributed by atoms with Crippen molar-refractivity contribution in [1.29, 1.82) is 0 Å². The van der Waals surface area contributed by atoms with Gasteiger partial charge in [0.05, 0.1) is 46.6 Å². The van der Waals surface area contributed by atoms with Gasteiger partial charge in [-0.25, -0.2) is 9.59 Å². The van der Waals surface area contributed by atoms with Crippen molar-refractivity contribution in [2.45, 2.75) is 25.0 Å². The zero-order valence-corrected chi connectivity index (χ0v) is 12.8. The fourth-order valence-electron chi connectivity index (χ4n) is 2.44. The van der Waals surface area contributed by atoms with Crippen LogP contribution in [-0.4, -0.2) is 47.6 Å². The van der Waals surface area contributed by atoms with Gasteiger partial charge in [0.2, 0.25) is 0 Å². The monoisotopic (exact) mass is 346 g/mol. The molecule has 2 heterocycles. The van der Waals surface area contributed by atoms with Crippen molar-refractivity contribution < 1.29 is 29.3 Å². The molecule has 2 saturated heterocycles. The Hall–Kier alpha value is -1.34. The van der Waals surface area contributed by atoms with Gasteiger partial charge in [0, 0.05) is 12.8 Å². The van der Waals surface area contributed by atoms with Crippen molar-refractivity contribution in [3.63, 3.8) is 0 Å². The first kappa shape index (κ1) is 15.6. The summed E-state index contributed by atoms with van der Waals surface area (Å²) in [6.07, 6.45) is 0.151. The molecule has 2 fully saturated rings. The highest BCUT2D eigenvalue weighted by Crippen LogP contribution is 2.39. The molecule has 0 aliphatic carbocycles. The molecule has 1 aromatic rings. The lowest BCUT2D eigenvalue weighted by Gasteiger charge is -2.17. The summed E-state index contributed by atoms with van der Waals surface area (Å²) in [6.45, 7) is 0.986. The maximum Gasteiger partial charge on any atom is 0.337 e. The maximum atomic E-state index is 11.6. The summed E-state index contributed by atoms with van der Waals surface area (Å²) in [6, 6.07) is 0. The molecule has 118 valence electrons. The van der Waals surface area contributed by atoms with E-state index in [2.05, 4.69) is 0 Å². The molecule has 2 N–H and O–H groups in total. The lowest BCUT2D eigenvalue weighted by Crippen LogP contribution is -2.15. The smallest absolute Gasteiger partial charge is 0.337 e. The average Bonchev–Trinajstić information content (AvgIpc) is 3.30. The first-order valence-corrected chi connectivity index (χ1v) is 7.38. The summed E-state index contributed by atoms with van der Waals surface area (Å²) in [4.78, 5) is 23.1. The zero-order chi connectivity index (χ0) is 16.0. The van der Waals surface area contributed by atoms with E-state index in [0.717, 1.165) is 0 Å².